The summed E-state index contributed by atoms with van der Waals surface area (Å²) in [7, 11) is 0. The van der Waals surface area contributed by atoms with Gasteiger partial charge in [0.15, 0.2) is 5.60 Å². The Kier molecular flexibility index (Phi) is 2.68. The molecule has 2 nitrogen and oxygen atoms in total. The standard InChI is InChI=1S/C8H8BrF2NO/c1-7(13,8(9,10)11)6-4-2-3-5-12-6/h2-5,13H,1H3. The molecule has 0 saturated carbocycles. The van der Waals surface area contributed by atoms with Gasteiger partial charge in [-0.3, -0.25) is 4.98 Å². The van der Waals surface area contributed by atoms with Crippen molar-refractivity contribution < 1.29 is 13.9 Å². The van der Waals surface area contributed by atoms with Gasteiger partial charge in [0, 0.05) is 6.20 Å². The zero-order valence-electron chi connectivity index (χ0n) is 6.84. The highest BCUT2D eigenvalue weighted by molar-refractivity contribution is 9.10. The van der Waals surface area contributed by atoms with Crippen molar-refractivity contribution in [3.05, 3.63) is 30.1 Å². The molecule has 1 rings (SSSR count). The van der Waals surface area contributed by atoms with E-state index < -0.39 is 10.4 Å². The molecule has 0 aromatic carbocycles. The van der Waals surface area contributed by atoms with Gasteiger partial charge in [-0.05, 0) is 35.0 Å². The summed E-state index contributed by atoms with van der Waals surface area (Å²) in [5.41, 5.74) is -2.37. The van der Waals surface area contributed by atoms with Crippen LogP contribution in [0.2, 0.25) is 0 Å². The quantitative estimate of drug-likeness (QED) is 0.819. The van der Waals surface area contributed by atoms with Gasteiger partial charge in [-0.2, -0.15) is 8.78 Å². The molecule has 0 amide bonds. The summed E-state index contributed by atoms with van der Waals surface area (Å²) in [5.74, 6) is 0. The fourth-order valence-corrected chi connectivity index (χ4v) is 0.999. The number of pyridine rings is 1. The van der Waals surface area contributed by atoms with Crippen molar-refractivity contribution in [2.24, 2.45) is 0 Å². The zero-order chi connectivity index (χ0) is 10.1. The van der Waals surface area contributed by atoms with E-state index in [1.54, 1.807) is 6.07 Å². The van der Waals surface area contributed by atoms with Gasteiger partial charge in [0.05, 0.1) is 5.69 Å². The molecule has 1 aromatic rings. The Bertz CT molecular complexity index is 284. The predicted octanol–water partition coefficient (Wildman–Crippen LogP) is 2.28. The summed E-state index contributed by atoms with van der Waals surface area (Å²) in [6.45, 7) is 1.00. The predicted molar refractivity (Wildman–Crippen MR) is 47.7 cm³/mol. The number of halogens is 3. The fraction of sp³-hybridized carbons (Fsp3) is 0.375. The van der Waals surface area contributed by atoms with Crippen LogP contribution in [0.5, 0.6) is 0 Å². The van der Waals surface area contributed by atoms with Crippen LogP contribution in [0.1, 0.15) is 12.6 Å². The van der Waals surface area contributed by atoms with Crippen molar-refractivity contribution in [2.45, 2.75) is 17.4 Å². The van der Waals surface area contributed by atoms with E-state index in [9.17, 15) is 13.9 Å². The van der Waals surface area contributed by atoms with Gasteiger partial charge in [0.1, 0.15) is 0 Å². The number of aliphatic hydroxyl groups is 1. The van der Waals surface area contributed by atoms with Crippen molar-refractivity contribution in [2.75, 3.05) is 0 Å². The highest BCUT2D eigenvalue weighted by Crippen LogP contribution is 2.40. The second-order valence-corrected chi connectivity index (χ2v) is 3.78. The molecule has 0 saturated heterocycles. The van der Waals surface area contributed by atoms with Crippen molar-refractivity contribution in [1.82, 2.24) is 4.98 Å². The maximum atomic E-state index is 12.8. The van der Waals surface area contributed by atoms with Crippen LogP contribution in [0.4, 0.5) is 8.78 Å². The average Bonchev–Trinajstić information content (AvgIpc) is 2.04. The van der Waals surface area contributed by atoms with Crippen LogP contribution in [-0.2, 0) is 5.60 Å². The van der Waals surface area contributed by atoms with Gasteiger partial charge in [-0.25, -0.2) is 0 Å². The Labute approximate surface area is 82.7 Å². The van der Waals surface area contributed by atoms with E-state index in [1.807, 2.05) is 0 Å². The molecule has 0 aliphatic rings. The van der Waals surface area contributed by atoms with Gasteiger partial charge in [-0.15, -0.1) is 0 Å². The van der Waals surface area contributed by atoms with Gasteiger partial charge in [0.2, 0.25) is 0 Å². The summed E-state index contributed by atoms with van der Waals surface area (Å²) in [5, 5.41) is 9.46. The van der Waals surface area contributed by atoms with Crippen LogP contribution in [0.15, 0.2) is 24.4 Å². The van der Waals surface area contributed by atoms with Crippen molar-refractivity contribution in [3.8, 4) is 0 Å². The van der Waals surface area contributed by atoms with Crippen molar-refractivity contribution >= 4 is 15.9 Å². The topological polar surface area (TPSA) is 33.1 Å². The van der Waals surface area contributed by atoms with Gasteiger partial charge in [0.25, 0.3) is 0 Å². The number of hydrogen-bond donors (Lipinski definition) is 1. The summed E-state index contributed by atoms with van der Waals surface area (Å²) in [4.78, 5) is 0.262. The van der Waals surface area contributed by atoms with Crippen molar-refractivity contribution in [1.29, 1.82) is 0 Å². The van der Waals surface area contributed by atoms with Crippen LogP contribution in [0.25, 0.3) is 0 Å². The van der Waals surface area contributed by atoms with Crippen LogP contribution in [0.3, 0.4) is 0 Å². The minimum Gasteiger partial charge on any atom is -0.377 e. The molecule has 0 aliphatic heterocycles. The highest BCUT2D eigenvalue weighted by Gasteiger charge is 2.49. The van der Waals surface area contributed by atoms with E-state index in [2.05, 4.69) is 20.9 Å². The molecule has 13 heavy (non-hydrogen) atoms. The monoisotopic (exact) mass is 251 g/mol. The van der Waals surface area contributed by atoms with E-state index >= 15 is 0 Å². The van der Waals surface area contributed by atoms with E-state index in [0.717, 1.165) is 6.92 Å². The minimum absolute atomic E-state index is 0.0723. The summed E-state index contributed by atoms with van der Waals surface area (Å²) in [6, 6.07) is 4.47. The van der Waals surface area contributed by atoms with E-state index in [-0.39, 0.29) is 5.69 Å². The molecular weight excluding hydrogens is 244 g/mol. The van der Waals surface area contributed by atoms with Crippen molar-refractivity contribution in [3.63, 3.8) is 0 Å². The maximum absolute atomic E-state index is 12.8. The Morgan fingerprint density at radius 3 is 2.46 bits per heavy atom. The smallest absolute Gasteiger partial charge is 0.334 e. The second kappa shape index (κ2) is 3.31. The van der Waals surface area contributed by atoms with Crippen LogP contribution < -0.4 is 0 Å². The lowest BCUT2D eigenvalue weighted by molar-refractivity contribution is -0.111. The maximum Gasteiger partial charge on any atom is 0.334 e. The van der Waals surface area contributed by atoms with Gasteiger partial charge in [-0.1, -0.05) is 6.07 Å². The largest absolute Gasteiger partial charge is 0.377 e. The Morgan fingerprint density at radius 1 is 1.46 bits per heavy atom. The highest BCUT2D eigenvalue weighted by atomic mass is 79.9. The third-order valence-electron chi connectivity index (χ3n) is 1.72. The van der Waals surface area contributed by atoms with Gasteiger partial charge >= 0.3 is 4.83 Å². The minimum atomic E-state index is -3.39. The number of aromatic nitrogens is 1. The van der Waals surface area contributed by atoms with Crippen LogP contribution >= 0.6 is 15.9 Å². The Morgan fingerprint density at radius 2 is 2.08 bits per heavy atom. The molecule has 1 atom stereocenters. The zero-order valence-corrected chi connectivity index (χ0v) is 8.42. The molecule has 0 bridgehead atoms. The fourth-order valence-electron chi connectivity index (χ4n) is 0.796. The number of hydrogen-bond acceptors (Lipinski definition) is 2. The molecule has 1 aromatic heterocycles. The Balaban J connectivity index is 3.08. The van der Waals surface area contributed by atoms with E-state index in [4.69, 9.17) is 0 Å². The molecule has 0 radical (unpaired) electrons. The second-order valence-electron chi connectivity index (χ2n) is 2.78. The van der Waals surface area contributed by atoms with Crippen LogP contribution in [0, 0.1) is 0 Å². The molecule has 72 valence electrons. The first-order valence-electron chi connectivity index (χ1n) is 3.56. The number of alkyl halides is 3. The molecule has 1 heterocycles. The summed E-state index contributed by atoms with van der Waals surface area (Å²) < 4.78 is 25.6. The molecule has 1 N–H and O–H groups in total. The normalized spacial score (nSPS) is 16.7. The lowest BCUT2D eigenvalue weighted by Crippen LogP contribution is -2.38. The van der Waals surface area contributed by atoms with Crippen LogP contribution in [-0.4, -0.2) is 14.9 Å². The third-order valence-corrected chi connectivity index (χ3v) is 2.49. The number of nitrogens with zero attached hydrogens (tertiary/aromatic N) is 1. The lowest BCUT2D eigenvalue weighted by Gasteiger charge is -2.27. The molecule has 1 unspecified atom stereocenters. The SMILES string of the molecule is CC(O)(c1ccccn1)C(F)(F)Br. The first-order valence-corrected chi connectivity index (χ1v) is 4.35. The third kappa shape index (κ3) is 2.03. The average molecular weight is 252 g/mol. The lowest BCUT2D eigenvalue weighted by atomic mass is 10.0. The number of rotatable bonds is 2. The van der Waals surface area contributed by atoms with E-state index in [1.165, 1.54) is 18.3 Å². The first-order chi connectivity index (χ1) is 5.86. The van der Waals surface area contributed by atoms with E-state index in [0.29, 0.717) is 0 Å². The molecule has 0 fully saturated rings. The molecule has 0 spiro atoms. The summed E-state index contributed by atoms with van der Waals surface area (Å²) >= 11 is 2.11. The molecular formula is C8H8BrF2NO. The van der Waals surface area contributed by atoms with Gasteiger partial charge < -0.3 is 5.11 Å². The summed E-state index contributed by atoms with van der Waals surface area (Å²) in [6.07, 6.45) is 1.35. The first kappa shape index (κ1) is 10.5. The Hall–Kier alpha value is -0.550. The molecule has 0 aliphatic carbocycles. The molecule has 5 heteroatoms.